The Labute approximate surface area is 138 Å². The molecule has 1 aromatic heterocycles. The molecule has 1 saturated carbocycles. The Morgan fingerprint density at radius 2 is 2.00 bits per heavy atom. The zero-order valence-corrected chi connectivity index (χ0v) is 14.0. The Bertz CT molecular complexity index is 510. The Morgan fingerprint density at radius 1 is 1.26 bits per heavy atom. The monoisotopic (exact) mass is 317 g/mol. The SMILES string of the molecule is CC(C)C(NC(=O)C1CCCCC1)C(=O)NCc1cccnc1. The van der Waals surface area contributed by atoms with E-state index in [1.54, 1.807) is 12.4 Å². The van der Waals surface area contributed by atoms with Crippen molar-refractivity contribution in [1.82, 2.24) is 15.6 Å². The predicted octanol–water partition coefficient (Wildman–Crippen LogP) is 2.42. The lowest BCUT2D eigenvalue weighted by molar-refractivity contribution is -0.132. The molecule has 1 atom stereocenters. The van der Waals surface area contributed by atoms with Crippen LogP contribution in [0, 0.1) is 11.8 Å². The van der Waals surface area contributed by atoms with Gasteiger partial charge in [-0.2, -0.15) is 0 Å². The highest BCUT2D eigenvalue weighted by Crippen LogP contribution is 2.24. The zero-order chi connectivity index (χ0) is 16.7. The molecule has 126 valence electrons. The summed E-state index contributed by atoms with van der Waals surface area (Å²) in [5.74, 6) is 0.0144. The third-order valence-corrected chi connectivity index (χ3v) is 4.41. The van der Waals surface area contributed by atoms with Crippen LogP contribution in [-0.2, 0) is 16.1 Å². The average molecular weight is 317 g/mol. The third-order valence-electron chi connectivity index (χ3n) is 4.41. The molecule has 1 aromatic rings. The minimum absolute atomic E-state index is 0.0277. The molecule has 0 bridgehead atoms. The van der Waals surface area contributed by atoms with Gasteiger partial charge in [0.2, 0.25) is 11.8 Å². The fourth-order valence-electron chi connectivity index (χ4n) is 2.97. The first-order valence-corrected chi connectivity index (χ1v) is 8.55. The lowest BCUT2D eigenvalue weighted by Gasteiger charge is -2.26. The molecule has 2 amide bonds. The number of carbonyl (C=O) groups excluding carboxylic acids is 2. The smallest absolute Gasteiger partial charge is 0.243 e. The van der Waals surface area contributed by atoms with E-state index in [4.69, 9.17) is 0 Å². The van der Waals surface area contributed by atoms with Gasteiger partial charge in [0.05, 0.1) is 0 Å². The average Bonchev–Trinajstić information content (AvgIpc) is 2.58. The maximum Gasteiger partial charge on any atom is 0.243 e. The highest BCUT2D eigenvalue weighted by atomic mass is 16.2. The molecule has 1 aliphatic carbocycles. The van der Waals surface area contributed by atoms with Gasteiger partial charge in [-0.25, -0.2) is 0 Å². The first kappa shape index (κ1) is 17.4. The van der Waals surface area contributed by atoms with Crippen LogP contribution in [0.1, 0.15) is 51.5 Å². The minimum Gasteiger partial charge on any atom is -0.350 e. The number of amides is 2. The summed E-state index contributed by atoms with van der Waals surface area (Å²) in [5.41, 5.74) is 0.946. The third kappa shape index (κ3) is 5.34. The predicted molar refractivity (Wildman–Crippen MR) is 89.4 cm³/mol. The van der Waals surface area contributed by atoms with Crippen LogP contribution in [0.3, 0.4) is 0 Å². The van der Waals surface area contributed by atoms with Gasteiger partial charge in [0.1, 0.15) is 6.04 Å². The van der Waals surface area contributed by atoms with Crippen molar-refractivity contribution in [2.75, 3.05) is 0 Å². The highest BCUT2D eigenvalue weighted by molar-refractivity contribution is 5.88. The van der Waals surface area contributed by atoms with Crippen LogP contribution in [0.25, 0.3) is 0 Å². The molecule has 1 aliphatic rings. The second-order valence-electron chi connectivity index (χ2n) is 6.64. The Balaban J connectivity index is 1.89. The molecule has 0 aliphatic heterocycles. The quantitative estimate of drug-likeness (QED) is 0.846. The molecular formula is C18H27N3O2. The fraction of sp³-hybridized carbons (Fsp3) is 0.611. The fourth-order valence-corrected chi connectivity index (χ4v) is 2.97. The van der Waals surface area contributed by atoms with E-state index < -0.39 is 6.04 Å². The number of hydrogen-bond acceptors (Lipinski definition) is 3. The van der Waals surface area contributed by atoms with Crippen molar-refractivity contribution in [2.24, 2.45) is 11.8 Å². The molecule has 1 unspecified atom stereocenters. The van der Waals surface area contributed by atoms with Gasteiger partial charge in [-0.15, -0.1) is 0 Å². The summed E-state index contributed by atoms with van der Waals surface area (Å²) in [6.45, 7) is 4.33. The molecular weight excluding hydrogens is 290 g/mol. The summed E-state index contributed by atoms with van der Waals surface area (Å²) in [7, 11) is 0. The molecule has 2 rings (SSSR count). The van der Waals surface area contributed by atoms with Gasteiger partial charge in [-0.05, 0) is 30.4 Å². The molecule has 0 saturated heterocycles. The van der Waals surface area contributed by atoms with Gasteiger partial charge in [0.15, 0.2) is 0 Å². The topological polar surface area (TPSA) is 71.1 Å². The van der Waals surface area contributed by atoms with Crippen LogP contribution in [0.2, 0.25) is 0 Å². The number of nitrogens with one attached hydrogen (secondary N) is 2. The summed E-state index contributed by atoms with van der Waals surface area (Å²) >= 11 is 0. The molecule has 0 aromatic carbocycles. The first-order chi connectivity index (χ1) is 11.1. The number of nitrogens with zero attached hydrogens (tertiary/aromatic N) is 1. The lowest BCUT2D eigenvalue weighted by atomic mass is 9.88. The maximum absolute atomic E-state index is 12.4. The van der Waals surface area contributed by atoms with Crippen LogP contribution in [-0.4, -0.2) is 22.8 Å². The number of pyridine rings is 1. The van der Waals surface area contributed by atoms with E-state index in [-0.39, 0.29) is 23.7 Å². The second-order valence-corrected chi connectivity index (χ2v) is 6.64. The van der Waals surface area contributed by atoms with Crippen LogP contribution in [0.15, 0.2) is 24.5 Å². The van der Waals surface area contributed by atoms with E-state index in [1.807, 2.05) is 26.0 Å². The van der Waals surface area contributed by atoms with Gasteiger partial charge in [-0.3, -0.25) is 14.6 Å². The molecule has 5 nitrogen and oxygen atoms in total. The Kier molecular flexibility index (Phi) is 6.56. The van der Waals surface area contributed by atoms with Crippen molar-refractivity contribution in [3.63, 3.8) is 0 Å². The van der Waals surface area contributed by atoms with Gasteiger partial charge in [0, 0.05) is 24.9 Å². The van der Waals surface area contributed by atoms with Crippen LogP contribution < -0.4 is 10.6 Å². The number of carbonyl (C=O) groups is 2. The number of hydrogen-bond donors (Lipinski definition) is 2. The minimum atomic E-state index is -0.485. The van der Waals surface area contributed by atoms with E-state index >= 15 is 0 Å². The standard InChI is InChI=1S/C18H27N3O2/c1-13(2)16(21-17(22)15-8-4-3-5-9-15)18(23)20-12-14-7-6-10-19-11-14/h6-7,10-11,13,15-16H,3-5,8-9,12H2,1-2H3,(H,20,23)(H,21,22). The Morgan fingerprint density at radius 3 is 2.61 bits per heavy atom. The van der Waals surface area contributed by atoms with Crippen molar-refractivity contribution in [3.8, 4) is 0 Å². The first-order valence-electron chi connectivity index (χ1n) is 8.55. The Hall–Kier alpha value is -1.91. The van der Waals surface area contributed by atoms with Gasteiger partial charge in [-0.1, -0.05) is 39.2 Å². The van der Waals surface area contributed by atoms with E-state index in [1.165, 1.54) is 6.42 Å². The van der Waals surface area contributed by atoms with Crippen molar-refractivity contribution in [2.45, 2.75) is 58.5 Å². The van der Waals surface area contributed by atoms with E-state index in [9.17, 15) is 9.59 Å². The molecule has 1 fully saturated rings. The molecule has 5 heteroatoms. The number of rotatable bonds is 6. The van der Waals surface area contributed by atoms with Crippen LogP contribution in [0.4, 0.5) is 0 Å². The van der Waals surface area contributed by atoms with Crippen molar-refractivity contribution < 1.29 is 9.59 Å². The van der Waals surface area contributed by atoms with Crippen molar-refractivity contribution in [1.29, 1.82) is 0 Å². The van der Waals surface area contributed by atoms with Crippen LogP contribution >= 0.6 is 0 Å². The molecule has 0 spiro atoms. The molecule has 23 heavy (non-hydrogen) atoms. The largest absolute Gasteiger partial charge is 0.350 e. The van der Waals surface area contributed by atoms with E-state index in [0.29, 0.717) is 6.54 Å². The lowest BCUT2D eigenvalue weighted by Crippen LogP contribution is -2.51. The highest BCUT2D eigenvalue weighted by Gasteiger charge is 2.28. The summed E-state index contributed by atoms with van der Waals surface area (Å²) in [4.78, 5) is 28.9. The van der Waals surface area contributed by atoms with Crippen molar-refractivity contribution in [3.05, 3.63) is 30.1 Å². The zero-order valence-electron chi connectivity index (χ0n) is 14.0. The normalized spacial score (nSPS) is 16.8. The van der Waals surface area contributed by atoms with Gasteiger partial charge in [0.25, 0.3) is 0 Å². The number of aromatic nitrogens is 1. The summed E-state index contributed by atoms with van der Waals surface area (Å²) in [6.07, 6.45) is 8.73. The van der Waals surface area contributed by atoms with Gasteiger partial charge < -0.3 is 10.6 Å². The molecule has 0 radical (unpaired) electrons. The van der Waals surface area contributed by atoms with E-state index in [2.05, 4.69) is 15.6 Å². The second kappa shape index (κ2) is 8.65. The summed E-state index contributed by atoms with van der Waals surface area (Å²) in [6, 6.07) is 3.27. The van der Waals surface area contributed by atoms with Gasteiger partial charge >= 0.3 is 0 Å². The van der Waals surface area contributed by atoms with Crippen molar-refractivity contribution >= 4 is 11.8 Å². The maximum atomic E-state index is 12.4. The molecule has 1 heterocycles. The molecule has 2 N–H and O–H groups in total. The van der Waals surface area contributed by atoms with Crippen LogP contribution in [0.5, 0.6) is 0 Å². The summed E-state index contributed by atoms with van der Waals surface area (Å²) < 4.78 is 0. The summed E-state index contributed by atoms with van der Waals surface area (Å²) in [5, 5.41) is 5.85. The van der Waals surface area contributed by atoms with E-state index in [0.717, 1.165) is 31.2 Å².